The van der Waals surface area contributed by atoms with Crippen LogP contribution in [-0.2, 0) is 4.74 Å². The minimum absolute atomic E-state index is 0.314. The maximum absolute atomic E-state index is 5.34. The molecule has 0 amide bonds. The highest BCUT2D eigenvalue weighted by atomic mass is 16.5. The number of nitrogens with one attached hydrogen (secondary N) is 3. The summed E-state index contributed by atoms with van der Waals surface area (Å²) in [5, 5.41) is 6.50. The van der Waals surface area contributed by atoms with Gasteiger partial charge in [0.15, 0.2) is 11.5 Å². The molecule has 7 heteroatoms. The number of rotatable bonds is 4. The van der Waals surface area contributed by atoms with E-state index in [2.05, 4.69) is 30.6 Å². The molecule has 0 unspecified atom stereocenters. The van der Waals surface area contributed by atoms with Crippen molar-refractivity contribution in [1.29, 1.82) is 0 Å². The van der Waals surface area contributed by atoms with Gasteiger partial charge in [-0.05, 0) is 13.3 Å². The van der Waals surface area contributed by atoms with Gasteiger partial charge in [-0.1, -0.05) is 0 Å². The number of hydrogen-bond donors (Lipinski definition) is 3. The molecule has 18 heavy (non-hydrogen) atoms. The van der Waals surface area contributed by atoms with Gasteiger partial charge in [-0.25, -0.2) is 9.97 Å². The Labute approximate surface area is 104 Å². The summed E-state index contributed by atoms with van der Waals surface area (Å²) in [6.07, 6.45) is 2.52. The Hall–Kier alpha value is -1.89. The van der Waals surface area contributed by atoms with Crippen LogP contribution >= 0.6 is 0 Å². The molecule has 0 spiro atoms. The molecule has 1 saturated heterocycles. The van der Waals surface area contributed by atoms with Crippen molar-refractivity contribution < 1.29 is 4.74 Å². The topological polar surface area (TPSA) is 87.8 Å². The van der Waals surface area contributed by atoms with Crippen LogP contribution < -0.4 is 10.6 Å². The number of nitrogens with zero attached hydrogens (tertiary/aromatic N) is 3. The van der Waals surface area contributed by atoms with E-state index in [1.807, 2.05) is 6.92 Å². The second-order valence-corrected chi connectivity index (χ2v) is 4.24. The Kier molecular flexibility index (Phi) is 2.97. The van der Waals surface area contributed by atoms with Crippen molar-refractivity contribution >= 4 is 22.9 Å². The zero-order valence-corrected chi connectivity index (χ0v) is 10.2. The first-order valence-corrected chi connectivity index (χ1v) is 6.15. The first-order valence-electron chi connectivity index (χ1n) is 6.15. The van der Waals surface area contributed by atoms with E-state index >= 15 is 0 Å². The number of H-pyrrole nitrogens is 1. The lowest BCUT2D eigenvalue weighted by atomic mass is 10.2. The van der Waals surface area contributed by atoms with Gasteiger partial charge in [0.1, 0.15) is 11.8 Å². The van der Waals surface area contributed by atoms with Gasteiger partial charge in [0.25, 0.3) is 0 Å². The fourth-order valence-corrected chi connectivity index (χ4v) is 2.03. The van der Waals surface area contributed by atoms with Crippen LogP contribution in [0.15, 0.2) is 6.33 Å². The maximum Gasteiger partial charge on any atom is 0.202 e. The van der Waals surface area contributed by atoms with Gasteiger partial charge in [-0.15, -0.1) is 0 Å². The fraction of sp³-hybridized carbons (Fsp3) is 0.545. The molecule has 7 nitrogen and oxygen atoms in total. The predicted molar refractivity (Wildman–Crippen MR) is 68.7 cm³/mol. The smallest absolute Gasteiger partial charge is 0.202 e. The number of aromatic amines is 1. The molecule has 1 aliphatic rings. The average molecular weight is 248 g/mol. The minimum Gasteiger partial charge on any atom is -0.379 e. The van der Waals surface area contributed by atoms with Gasteiger partial charge in [-0.3, -0.25) is 0 Å². The molecule has 1 fully saturated rings. The molecule has 3 N–H and O–H groups in total. The number of fused-ring (bicyclic) bond motifs is 1. The molecule has 96 valence electrons. The van der Waals surface area contributed by atoms with E-state index in [1.165, 1.54) is 6.33 Å². The molecule has 2 aromatic rings. The van der Waals surface area contributed by atoms with Crippen LogP contribution in [0, 0.1) is 0 Å². The van der Waals surface area contributed by atoms with E-state index in [-0.39, 0.29) is 0 Å². The Balaban J connectivity index is 1.90. The zero-order chi connectivity index (χ0) is 12.4. The predicted octanol–water partition coefficient (Wildman–Crippen LogP) is 0.986. The monoisotopic (exact) mass is 248 g/mol. The SMILES string of the molecule is CCNc1nc2ncnc(N[C@@H]3CCOC3)c2[nH]1. The Morgan fingerprint density at radius 1 is 1.50 bits per heavy atom. The third-order valence-electron chi connectivity index (χ3n) is 2.90. The number of anilines is 2. The second-order valence-electron chi connectivity index (χ2n) is 4.24. The van der Waals surface area contributed by atoms with E-state index in [0.29, 0.717) is 11.7 Å². The number of hydrogen-bond acceptors (Lipinski definition) is 6. The van der Waals surface area contributed by atoms with Crippen LogP contribution in [0.2, 0.25) is 0 Å². The minimum atomic E-state index is 0.314. The van der Waals surface area contributed by atoms with Crippen molar-refractivity contribution in [3.05, 3.63) is 6.33 Å². The standard InChI is InChI=1S/C11H16N6O/c1-2-12-11-16-8-9(13-6-14-10(8)17-11)15-7-3-4-18-5-7/h6-7H,2-5H2,1H3,(H3,12,13,14,15,16,17)/t7-/m1/s1. The quantitative estimate of drug-likeness (QED) is 0.747. The molecule has 3 heterocycles. The summed E-state index contributed by atoms with van der Waals surface area (Å²) in [4.78, 5) is 16.0. The van der Waals surface area contributed by atoms with Crippen LogP contribution in [0.1, 0.15) is 13.3 Å². The van der Waals surface area contributed by atoms with Crippen molar-refractivity contribution in [3.8, 4) is 0 Å². The largest absolute Gasteiger partial charge is 0.379 e. The van der Waals surface area contributed by atoms with Gasteiger partial charge >= 0.3 is 0 Å². The lowest BCUT2D eigenvalue weighted by Crippen LogP contribution is -2.20. The number of aromatic nitrogens is 4. The Morgan fingerprint density at radius 2 is 2.44 bits per heavy atom. The zero-order valence-electron chi connectivity index (χ0n) is 10.2. The molecule has 0 saturated carbocycles. The summed E-state index contributed by atoms with van der Waals surface area (Å²) in [6, 6.07) is 0.314. The number of imidazole rings is 1. The summed E-state index contributed by atoms with van der Waals surface area (Å²) in [5.41, 5.74) is 1.50. The van der Waals surface area contributed by atoms with Gasteiger partial charge in [0.05, 0.1) is 12.6 Å². The normalized spacial score (nSPS) is 19.3. The lowest BCUT2D eigenvalue weighted by molar-refractivity contribution is 0.195. The highest BCUT2D eigenvalue weighted by molar-refractivity contribution is 5.84. The molecule has 1 aliphatic heterocycles. The first kappa shape index (κ1) is 11.2. The van der Waals surface area contributed by atoms with E-state index in [4.69, 9.17) is 4.74 Å². The van der Waals surface area contributed by atoms with Crippen LogP contribution in [0.3, 0.4) is 0 Å². The third-order valence-corrected chi connectivity index (χ3v) is 2.90. The Morgan fingerprint density at radius 3 is 3.22 bits per heavy atom. The van der Waals surface area contributed by atoms with Crippen LogP contribution in [0.5, 0.6) is 0 Å². The molecule has 0 aromatic carbocycles. The van der Waals surface area contributed by atoms with Crippen molar-refractivity contribution in [2.24, 2.45) is 0 Å². The van der Waals surface area contributed by atoms with Crippen LogP contribution in [-0.4, -0.2) is 45.7 Å². The van der Waals surface area contributed by atoms with Gasteiger partial charge in [-0.2, -0.15) is 4.98 Å². The van der Waals surface area contributed by atoms with E-state index in [9.17, 15) is 0 Å². The van der Waals surface area contributed by atoms with Gasteiger partial charge < -0.3 is 20.4 Å². The summed E-state index contributed by atoms with van der Waals surface area (Å²) >= 11 is 0. The molecular formula is C11H16N6O. The molecule has 1 atom stereocenters. The summed E-state index contributed by atoms with van der Waals surface area (Å²) in [7, 11) is 0. The molecule has 2 aromatic heterocycles. The second kappa shape index (κ2) is 4.77. The van der Waals surface area contributed by atoms with Gasteiger partial charge in [0.2, 0.25) is 5.95 Å². The highest BCUT2D eigenvalue weighted by Gasteiger charge is 2.18. The lowest BCUT2D eigenvalue weighted by Gasteiger charge is -2.10. The summed E-state index contributed by atoms with van der Waals surface area (Å²) in [5.74, 6) is 1.51. The molecule has 0 radical (unpaired) electrons. The molecule has 0 bridgehead atoms. The first-order chi connectivity index (χ1) is 8.86. The number of ether oxygens (including phenoxy) is 1. The van der Waals surface area contributed by atoms with Crippen LogP contribution in [0.4, 0.5) is 11.8 Å². The highest BCUT2D eigenvalue weighted by Crippen LogP contribution is 2.20. The van der Waals surface area contributed by atoms with Crippen LogP contribution in [0.25, 0.3) is 11.2 Å². The Bertz CT molecular complexity index is 533. The summed E-state index contributed by atoms with van der Waals surface area (Å²) < 4.78 is 5.34. The third kappa shape index (κ3) is 2.08. The van der Waals surface area contributed by atoms with Crippen molar-refractivity contribution in [2.45, 2.75) is 19.4 Å². The maximum atomic E-state index is 5.34. The molecule has 0 aliphatic carbocycles. The summed E-state index contributed by atoms with van der Waals surface area (Å²) in [6.45, 7) is 4.36. The fourth-order valence-electron chi connectivity index (χ4n) is 2.03. The van der Waals surface area contributed by atoms with Crippen molar-refractivity contribution in [1.82, 2.24) is 19.9 Å². The molecular weight excluding hydrogens is 232 g/mol. The van der Waals surface area contributed by atoms with E-state index < -0.39 is 0 Å². The van der Waals surface area contributed by atoms with Crippen molar-refractivity contribution in [2.75, 3.05) is 30.4 Å². The van der Waals surface area contributed by atoms with Gasteiger partial charge in [0, 0.05) is 13.2 Å². The average Bonchev–Trinajstić information content (AvgIpc) is 2.98. The van der Waals surface area contributed by atoms with Crippen molar-refractivity contribution in [3.63, 3.8) is 0 Å². The molecule has 3 rings (SSSR count). The van der Waals surface area contributed by atoms with E-state index in [1.54, 1.807) is 0 Å². The van der Waals surface area contributed by atoms with E-state index in [0.717, 1.165) is 43.5 Å².